The molecule has 0 fully saturated rings. The first-order valence-corrected chi connectivity index (χ1v) is 5.73. The molecule has 1 aromatic carbocycles. The maximum atomic E-state index is 12.0. The lowest BCUT2D eigenvalue weighted by Crippen LogP contribution is -2.15. The van der Waals surface area contributed by atoms with Gasteiger partial charge in [0.05, 0.1) is 11.4 Å². The van der Waals surface area contributed by atoms with Crippen LogP contribution in [0.5, 0.6) is 0 Å². The molecule has 2 rings (SSSR count). The van der Waals surface area contributed by atoms with Crippen LogP contribution in [0.2, 0.25) is 5.02 Å². The number of carbonyl (C=O) groups is 1. The summed E-state index contributed by atoms with van der Waals surface area (Å²) in [4.78, 5) is 12.0. The van der Waals surface area contributed by atoms with Gasteiger partial charge in [-0.2, -0.15) is 5.10 Å². The predicted octanol–water partition coefficient (Wildman–Crippen LogP) is 2.22. The topological polar surface area (TPSA) is 72.9 Å². The van der Waals surface area contributed by atoms with E-state index in [9.17, 15) is 4.79 Å². The smallest absolute Gasteiger partial charge is 0.256 e. The number of halogens is 1. The van der Waals surface area contributed by atoms with Crippen LogP contribution in [-0.4, -0.2) is 15.7 Å². The lowest BCUT2D eigenvalue weighted by molar-refractivity contribution is 0.102. The number of carbonyl (C=O) groups excluding carboxylic acids is 1. The molecule has 0 aliphatic heterocycles. The summed E-state index contributed by atoms with van der Waals surface area (Å²) in [5.41, 5.74) is 7.45. The van der Waals surface area contributed by atoms with Crippen molar-refractivity contribution in [1.29, 1.82) is 0 Å². The van der Waals surface area contributed by atoms with Crippen molar-refractivity contribution in [3.8, 4) is 0 Å². The molecule has 6 heteroatoms. The van der Waals surface area contributed by atoms with E-state index in [1.807, 2.05) is 0 Å². The highest BCUT2D eigenvalue weighted by molar-refractivity contribution is 6.31. The van der Waals surface area contributed by atoms with Crippen molar-refractivity contribution in [2.45, 2.75) is 6.92 Å². The molecule has 0 aliphatic carbocycles. The second kappa shape index (κ2) is 4.70. The largest absolute Gasteiger partial charge is 0.394 e. The van der Waals surface area contributed by atoms with Crippen molar-refractivity contribution in [1.82, 2.24) is 9.78 Å². The average Bonchev–Trinajstić information content (AvgIpc) is 2.56. The summed E-state index contributed by atoms with van der Waals surface area (Å²) >= 11 is 5.84. The van der Waals surface area contributed by atoms with Crippen LogP contribution in [0.25, 0.3) is 0 Å². The van der Waals surface area contributed by atoms with Crippen LogP contribution in [0.4, 0.5) is 11.5 Å². The first-order valence-electron chi connectivity index (χ1n) is 5.35. The van der Waals surface area contributed by atoms with Gasteiger partial charge in [0.2, 0.25) is 0 Å². The third-order valence-corrected chi connectivity index (χ3v) is 2.82. The van der Waals surface area contributed by atoms with Crippen LogP contribution >= 0.6 is 11.6 Å². The van der Waals surface area contributed by atoms with Gasteiger partial charge in [0.15, 0.2) is 5.82 Å². The molecule has 0 radical (unpaired) electrons. The molecule has 0 saturated heterocycles. The molecule has 0 bridgehead atoms. The fraction of sp³-hybridized carbons (Fsp3) is 0.167. The van der Waals surface area contributed by atoms with E-state index in [-0.39, 0.29) is 5.91 Å². The number of nitrogens with two attached hydrogens (primary N) is 1. The first-order chi connectivity index (χ1) is 8.49. The zero-order valence-corrected chi connectivity index (χ0v) is 10.8. The number of rotatable bonds is 2. The van der Waals surface area contributed by atoms with Crippen LogP contribution in [-0.2, 0) is 7.05 Å². The van der Waals surface area contributed by atoms with Crippen LogP contribution < -0.4 is 11.1 Å². The Morgan fingerprint density at radius 1 is 1.50 bits per heavy atom. The van der Waals surface area contributed by atoms with Gasteiger partial charge < -0.3 is 11.1 Å². The number of nitrogens with one attached hydrogen (secondary N) is 1. The number of hydrogen-bond acceptors (Lipinski definition) is 3. The third kappa shape index (κ3) is 2.31. The number of amides is 1. The number of aryl methyl sites for hydroxylation is 2. The van der Waals surface area contributed by atoms with Crippen molar-refractivity contribution in [3.05, 3.63) is 40.5 Å². The Morgan fingerprint density at radius 2 is 2.22 bits per heavy atom. The summed E-state index contributed by atoms with van der Waals surface area (Å²) in [5, 5.41) is 7.36. The second-order valence-electron chi connectivity index (χ2n) is 3.94. The molecule has 0 aliphatic rings. The van der Waals surface area contributed by atoms with E-state index in [1.54, 1.807) is 38.2 Å². The number of anilines is 2. The molecule has 18 heavy (non-hydrogen) atoms. The van der Waals surface area contributed by atoms with Crippen LogP contribution in [0.15, 0.2) is 24.3 Å². The number of nitrogen functional groups attached to an aromatic ring is 1. The predicted molar refractivity (Wildman–Crippen MR) is 71.8 cm³/mol. The minimum absolute atomic E-state index is 0.271. The van der Waals surface area contributed by atoms with Gasteiger partial charge >= 0.3 is 0 Å². The summed E-state index contributed by atoms with van der Waals surface area (Å²) in [5.74, 6) is 0.213. The van der Waals surface area contributed by atoms with E-state index >= 15 is 0 Å². The molecule has 3 N–H and O–H groups in total. The Hall–Kier alpha value is -2.01. The van der Waals surface area contributed by atoms with Crippen LogP contribution in [0, 0.1) is 6.92 Å². The monoisotopic (exact) mass is 264 g/mol. The first kappa shape index (κ1) is 12.4. The van der Waals surface area contributed by atoms with Crippen molar-refractivity contribution in [2.24, 2.45) is 7.05 Å². The van der Waals surface area contributed by atoms with E-state index < -0.39 is 0 Å². The molecule has 0 spiro atoms. The van der Waals surface area contributed by atoms with Gasteiger partial charge in [0, 0.05) is 17.6 Å². The van der Waals surface area contributed by atoms with E-state index in [0.29, 0.717) is 27.8 Å². The number of hydrogen-bond donors (Lipinski definition) is 2. The highest BCUT2D eigenvalue weighted by Gasteiger charge is 2.14. The molecule has 1 heterocycles. The van der Waals surface area contributed by atoms with E-state index in [0.717, 1.165) is 0 Å². The summed E-state index contributed by atoms with van der Waals surface area (Å²) < 4.78 is 1.53. The molecule has 0 unspecified atom stereocenters. The lowest BCUT2D eigenvalue weighted by Gasteiger charge is -2.06. The van der Waals surface area contributed by atoms with Gasteiger partial charge in [0.25, 0.3) is 5.91 Å². The molecule has 0 saturated carbocycles. The van der Waals surface area contributed by atoms with Crippen molar-refractivity contribution in [3.63, 3.8) is 0 Å². The average molecular weight is 265 g/mol. The van der Waals surface area contributed by atoms with Gasteiger partial charge in [-0.05, 0) is 25.1 Å². The fourth-order valence-corrected chi connectivity index (χ4v) is 1.82. The Labute approximate surface area is 110 Å². The molecule has 1 amide bonds. The lowest BCUT2D eigenvalue weighted by atomic mass is 10.2. The molecule has 94 valence electrons. The standard InChI is InChI=1S/C12H13ClN4O/c1-7-10(14)11(17(2)16-7)15-12(18)8-4-3-5-9(13)6-8/h3-6H,14H2,1-2H3,(H,15,18). The maximum absolute atomic E-state index is 12.0. The minimum atomic E-state index is -0.271. The summed E-state index contributed by atoms with van der Waals surface area (Å²) in [6.07, 6.45) is 0. The Balaban J connectivity index is 2.27. The zero-order chi connectivity index (χ0) is 13.3. The second-order valence-corrected chi connectivity index (χ2v) is 4.37. The summed E-state index contributed by atoms with van der Waals surface area (Å²) in [6, 6.07) is 6.70. The summed E-state index contributed by atoms with van der Waals surface area (Å²) in [6.45, 7) is 1.78. The zero-order valence-electron chi connectivity index (χ0n) is 10.1. The van der Waals surface area contributed by atoms with Gasteiger partial charge in [-0.25, -0.2) is 0 Å². The van der Waals surface area contributed by atoms with Gasteiger partial charge in [-0.15, -0.1) is 0 Å². The summed E-state index contributed by atoms with van der Waals surface area (Å²) in [7, 11) is 1.72. The van der Waals surface area contributed by atoms with Gasteiger partial charge in [0.1, 0.15) is 0 Å². The normalized spacial score (nSPS) is 10.4. The maximum Gasteiger partial charge on any atom is 0.256 e. The Kier molecular flexibility index (Phi) is 3.25. The highest BCUT2D eigenvalue weighted by Crippen LogP contribution is 2.22. The Bertz CT molecular complexity index is 606. The number of aromatic nitrogens is 2. The van der Waals surface area contributed by atoms with Crippen molar-refractivity contribution < 1.29 is 4.79 Å². The van der Waals surface area contributed by atoms with Crippen LogP contribution in [0.1, 0.15) is 16.1 Å². The van der Waals surface area contributed by atoms with E-state index in [1.165, 1.54) is 4.68 Å². The van der Waals surface area contributed by atoms with E-state index in [4.69, 9.17) is 17.3 Å². The Morgan fingerprint density at radius 3 is 2.78 bits per heavy atom. The van der Waals surface area contributed by atoms with E-state index in [2.05, 4.69) is 10.4 Å². The minimum Gasteiger partial charge on any atom is -0.394 e. The van der Waals surface area contributed by atoms with Crippen molar-refractivity contribution in [2.75, 3.05) is 11.1 Å². The molecule has 2 aromatic rings. The third-order valence-electron chi connectivity index (χ3n) is 2.59. The van der Waals surface area contributed by atoms with Crippen LogP contribution in [0.3, 0.4) is 0 Å². The molecule has 0 atom stereocenters. The number of nitrogens with zero attached hydrogens (tertiary/aromatic N) is 2. The molecular weight excluding hydrogens is 252 g/mol. The van der Waals surface area contributed by atoms with Crippen molar-refractivity contribution >= 4 is 29.0 Å². The highest BCUT2D eigenvalue weighted by atomic mass is 35.5. The quantitative estimate of drug-likeness (QED) is 0.873. The van der Waals surface area contributed by atoms with Gasteiger partial charge in [-0.3, -0.25) is 9.48 Å². The number of benzene rings is 1. The SMILES string of the molecule is Cc1nn(C)c(NC(=O)c2cccc(Cl)c2)c1N. The fourth-order valence-electron chi connectivity index (χ4n) is 1.63. The molecular formula is C12H13ClN4O. The molecule has 1 aromatic heterocycles. The van der Waals surface area contributed by atoms with Gasteiger partial charge in [-0.1, -0.05) is 17.7 Å². The molecule has 5 nitrogen and oxygen atoms in total.